The molecule has 5 heteroatoms. The zero-order chi connectivity index (χ0) is 17.6. The molecule has 1 aromatic heterocycles. The van der Waals surface area contributed by atoms with Crippen molar-refractivity contribution in [2.24, 2.45) is 0 Å². The average molecular weight is 335 g/mol. The number of nitrogens with one attached hydrogen (secondary N) is 1. The number of hydrogen-bond acceptors (Lipinski definition) is 4. The summed E-state index contributed by atoms with van der Waals surface area (Å²) in [6.45, 7) is 6.47. The van der Waals surface area contributed by atoms with Gasteiger partial charge >= 0.3 is 0 Å². The quantitative estimate of drug-likeness (QED) is 0.751. The van der Waals surface area contributed by atoms with Crippen LogP contribution < -0.4 is 10.1 Å². The van der Waals surface area contributed by atoms with Crippen LogP contribution in [0.3, 0.4) is 0 Å². The summed E-state index contributed by atoms with van der Waals surface area (Å²) >= 11 is 0. The van der Waals surface area contributed by atoms with Crippen molar-refractivity contribution in [1.29, 1.82) is 0 Å². The average Bonchev–Trinajstić information content (AvgIpc) is 2.98. The van der Waals surface area contributed by atoms with E-state index in [9.17, 15) is 5.11 Å². The van der Waals surface area contributed by atoms with Crippen LogP contribution in [0.1, 0.15) is 29.9 Å². The van der Waals surface area contributed by atoms with Gasteiger partial charge in [0, 0.05) is 16.8 Å². The number of aromatic nitrogens is 2. The Labute approximate surface area is 146 Å². The molecule has 1 aliphatic rings. The summed E-state index contributed by atoms with van der Waals surface area (Å²) in [5.74, 6) is 0.637. The first-order valence-electron chi connectivity index (χ1n) is 8.47. The number of aromatic hydroxyl groups is 1. The van der Waals surface area contributed by atoms with E-state index in [1.807, 2.05) is 30.7 Å². The second kappa shape index (κ2) is 5.84. The second-order valence-corrected chi connectivity index (χ2v) is 6.34. The number of phenols is 1. The molecule has 0 saturated heterocycles. The summed E-state index contributed by atoms with van der Waals surface area (Å²) < 4.78 is 7.47. The number of para-hydroxylation sites is 1. The Hall–Kier alpha value is -2.95. The van der Waals surface area contributed by atoms with Crippen LogP contribution in [-0.2, 0) is 0 Å². The molecular weight excluding hydrogens is 314 g/mol. The van der Waals surface area contributed by atoms with Crippen LogP contribution in [0.15, 0.2) is 42.5 Å². The molecule has 0 fully saturated rings. The predicted molar refractivity (Wildman–Crippen MR) is 98.2 cm³/mol. The molecule has 4 rings (SSSR count). The molecule has 2 aromatic carbocycles. The summed E-state index contributed by atoms with van der Waals surface area (Å²) in [5, 5.41) is 18.9. The molecule has 0 aliphatic carbocycles. The number of hydrogen-bond donors (Lipinski definition) is 2. The van der Waals surface area contributed by atoms with Gasteiger partial charge in [0.2, 0.25) is 0 Å². The molecule has 0 unspecified atom stereocenters. The Balaban J connectivity index is 1.88. The standard InChI is InChI=1S/C20H21N3O2/c1-4-25-18-7-5-6-14(19(18)24)20-21-16-9-8-12(2)10-15(16)17-11-13(3)22-23(17)20/h5-11,20-21,24H,4H2,1-3H3/t20-/m1/s1. The van der Waals surface area contributed by atoms with E-state index >= 15 is 0 Å². The molecule has 1 aliphatic heterocycles. The maximum Gasteiger partial charge on any atom is 0.165 e. The third-order valence-corrected chi connectivity index (χ3v) is 4.47. The zero-order valence-corrected chi connectivity index (χ0v) is 14.6. The number of rotatable bonds is 3. The summed E-state index contributed by atoms with van der Waals surface area (Å²) in [6.07, 6.45) is -0.292. The number of benzene rings is 2. The van der Waals surface area contributed by atoms with Crippen molar-refractivity contribution in [1.82, 2.24) is 9.78 Å². The maximum atomic E-state index is 10.7. The first-order valence-corrected chi connectivity index (χ1v) is 8.47. The third-order valence-electron chi connectivity index (χ3n) is 4.47. The molecule has 1 atom stereocenters. The molecule has 3 aromatic rings. The van der Waals surface area contributed by atoms with Gasteiger partial charge in [0.15, 0.2) is 17.7 Å². The fourth-order valence-corrected chi connectivity index (χ4v) is 3.36. The lowest BCUT2D eigenvalue weighted by atomic mass is 10.0. The summed E-state index contributed by atoms with van der Waals surface area (Å²) in [6, 6.07) is 14.0. The van der Waals surface area contributed by atoms with Gasteiger partial charge in [-0.25, -0.2) is 4.68 Å². The molecule has 5 nitrogen and oxygen atoms in total. The highest BCUT2D eigenvalue weighted by atomic mass is 16.5. The molecule has 2 N–H and O–H groups in total. The van der Waals surface area contributed by atoms with Crippen LogP contribution in [0.4, 0.5) is 5.69 Å². The SMILES string of the molecule is CCOc1cccc([C@@H]2Nc3ccc(C)cc3-c3cc(C)nn32)c1O. The Bertz CT molecular complexity index is 946. The first-order chi connectivity index (χ1) is 12.1. The van der Waals surface area contributed by atoms with Crippen LogP contribution >= 0.6 is 0 Å². The lowest BCUT2D eigenvalue weighted by Crippen LogP contribution is -2.25. The minimum atomic E-state index is -0.292. The number of ether oxygens (including phenoxy) is 1. The van der Waals surface area contributed by atoms with E-state index in [4.69, 9.17) is 4.74 Å². The van der Waals surface area contributed by atoms with Gasteiger partial charge in [0.1, 0.15) is 0 Å². The Morgan fingerprint density at radius 1 is 1.20 bits per heavy atom. The van der Waals surface area contributed by atoms with E-state index in [2.05, 4.69) is 41.6 Å². The van der Waals surface area contributed by atoms with E-state index in [0.29, 0.717) is 12.4 Å². The predicted octanol–water partition coefficient (Wildman–Crippen LogP) is 4.24. The van der Waals surface area contributed by atoms with Crippen molar-refractivity contribution >= 4 is 5.69 Å². The summed E-state index contributed by atoms with van der Waals surface area (Å²) in [7, 11) is 0. The van der Waals surface area contributed by atoms with Gasteiger partial charge in [-0.15, -0.1) is 0 Å². The molecule has 0 bridgehead atoms. The van der Waals surface area contributed by atoms with E-state index in [1.54, 1.807) is 6.07 Å². The van der Waals surface area contributed by atoms with Gasteiger partial charge < -0.3 is 15.2 Å². The van der Waals surface area contributed by atoms with Crippen molar-refractivity contribution in [2.45, 2.75) is 26.9 Å². The van der Waals surface area contributed by atoms with E-state index in [-0.39, 0.29) is 11.9 Å². The smallest absolute Gasteiger partial charge is 0.165 e. The van der Waals surface area contributed by atoms with E-state index < -0.39 is 0 Å². The molecule has 128 valence electrons. The molecule has 0 saturated carbocycles. The minimum absolute atomic E-state index is 0.150. The Morgan fingerprint density at radius 2 is 2.04 bits per heavy atom. The highest BCUT2D eigenvalue weighted by molar-refractivity contribution is 5.79. The van der Waals surface area contributed by atoms with E-state index in [1.165, 1.54) is 5.56 Å². The Kier molecular flexibility index (Phi) is 3.64. The van der Waals surface area contributed by atoms with Gasteiger partial charge in [0.05, 0.1) is 18.0 Å². The van der Waals surface area contributed by atoms with Crippen LogP contribution in [0.2, 0.25) is 0 Å². The van der Waals surface area contributed by atoms with Crippen LogP contribution in [0.25, 0.3) is 11.3 Å². The molecule has 0 radical (unpaired) electrons. The molecular formula is C20H21N3O2. The number of fused-ring (bicyclic) bond motifs is 3. The van der Waals surface area contributed by atoms with Gasteiger partial charge in [-0.1, -0.05) is 23.8 Å². The molecule has 0 amide bonds. The van der Waals surface area contributed by atoms with Crippen molar-refractivity contribution in [3.05, 3.63) is 59.3 Å². The molecule has 0 spiro atoms. The zero-order valence-electron chi connectivity index (χ0n) is 14.6. The molecule has 25 heavy (non-hydrogen) atoms. The van der Waals surface area contributed by atoms with Crippen LogP contribution in [0.5, 0.6) is 11.5 Å². The van der Waals surface area contributed by atoms with Crippen LogP contribution in [0, 0.1) is 13.8 Å². The first kappa shape index (κ1) is 15.6. The van der Waals surface area contributed by atoms with Gasteiger partial charge in [-0.3, -0.25) is 0 Å². The second-order valence-electron chi connectivity index (χ2n) is 6.34. The highest BCUT2D eigenvalue weighted by Gasteiger charge is 2.29. The monoisotopic (exact) mass is 335 g/mol. The number of nitrogens with zero attached hydrogens (tertiary/aromatic N) is 2. The van der Waals surface area contributed by atoms with Crippen molar-refractivity contribution in [3.8, 4) is 22.8 Å². The number of aryl methyl sites for hydroxylation is 2. The largest absolute Gasteiger partial charge is 0.504 e. The summed E-state index contributed by atoms with van der Waals surface area (Å²) in [4.78, 5) is 0. The van der Waals surface area contributed by atoms with Gasteiger partial charge in [0.25, 0.3) is 0 Å². The fourth-order valence-electron chi connectivity index (χ4n) is 3.36. The lowest BCUT2D eigenvalue weighted by molar-refractivity contribution is 0.315. The number of phenolic OH excluding ortho intramolecular Hbond substituents is 1. The normalized spacial score (nSPS) is 15.2. The van der Waals surface area contributed by atoms with Gasteiger partial charge in [-0.05, 0) is 45.0 Å². The lowest BCUT2D eigenvalue weighted by Gasteiger charge is -2.30. The minimum Gasteiger partial charge on any atom is -0.504 e. The van der Waals surface area contributed by atoms with Crippen molar-refractivity contribution in [3.63, 3.8) is 0 Å². The van der Waals surface area contributed by atoms with Crippen LogP contribution in [-0.4, -0.2) is 21.5 Å². The number of anilines is 1. The topological polar surface area (TPSA) is 59.3 Å². The fraction of sp³-hybridized carbons (Fsp3) is 0.250. The summed E-state index contributed by atoms with van der Waals surface area (Å²) in [5.41, 5.74) is 6.08. The maximum absolute atomic E-state index is 10.7. The van der Waals surface area contributed by atoms with Crippen molar-refractivity contribution < 1.29 is 9.84 Å². The highest BCUT2D eigenvalue weighted by Crippen LogP contribution is 2.42. The van der Waals surface area contributed by atoms with E-state index in [0.717, 1.165) is 28.2 Å². The Morgan fingerprint density at radius 3 is 2.84 bits per heavy atom. The third kappa shape index (κ3) is 2.52. The van der Waals surface area contributed by atoms with Crippen molar-refractivity contribution in [2.75, 3.05) is 11.9 Å². The van der Waals surface area contributed by atoms with Gasteiger partial charge in [-0.2, -0.15) is 5.10 Å². The molecule has 2 heterocycles.